The average molecular weight is 913 g/mol. The summed E-state index contributed by atoms with van der Waals surface area (Å²) in [5.74, 6) is 0. The predicted molar refractivity (Wildman–Crippen MR) is 245 cm³/mol. The van der Waals surface area contributed by atoms with E-state index in [1.54, 1.807) is 48.5 Å². The molecular weight excluding hydrogens is 865 g/mol. The van der Waals surface area contributed by atoms with Crippen LogP contribution in [0, 0.1) is 27.7 Å². The fraction of sp³-hybridized carbons (Fsp3) is 0.217. The summed E-state index contributed by atoms with van der Waals surface area (Å²) in [6.07, 6.45) is 0.0586. The highest BCUT2D eigenvalue weighted by Gasteiger charge is 2.32. The third kappa shape index (κ3) is 9.09. The Kier molecular flexibility index (Phi) is 12.6. The Bertz CT molecular complexity index is 2570. The SMILES string of the molecule is Cc1ccc(S(=O)(=O)N2CCCN(S(=O)(=O)c3ccc(C)cc3)c3ccc(cc3)N(S(=O)(=O)c3ccc(C)cc3)CCCN(S(=O)(=O)c3ccc(C)cc3)c3ccc2cc3)cc1. The lowest BCUT2D eigenvalue weighted by Gasteiger charge is -2.31. The molecule has 12 nitrogen and oxygen atoms in total. The molecule has 0 N–H and O–H groups in total. The lowest BCUT2D eigenvalue weighted by Crippen LogP contribution is -2.38. The minimum Gasteiger partial charge on any atom is -0.266 e. The summed E-state index contributed by atoms with van der Waals surface area (Å²) in [7, 11) is -16.9. The number of aryl methyl sites for hydroxylation is 4. The summed E-state index contributed by atoms with van der Waals surface area (Å²) >= 11 is 0. The van der Waals surface area contributed by atoms with Crippen LogP contribution in [0.4, 0.5) is 22.7 Å². The predicted octanol–water partition coefficient (Wildman–Crippen LogP) is 8.20. The van der Waals surface area contributed by atoms with Crippen molar-refractivity contribution in [2.75, 3.05) is 43.4 Å². The zero-order valence-corrected chi connectivity index (χ0v) is 38.1. The van der Waals surface area contributed by atoms with Crippen molar-refractivity contribution in [2.24, 2.45) is 0 Å². The molecule has 324 valence electrons. The molecule has 0 spiro atoms. The van der Waals surface area contributed by atoms with Crippen molar-refractivity contribution in [2.45, 2.75) is 60.1 Å². The number of rotatable bonds is 8. The molecule has 6 aromatic rings. The molecule has 4 heterocycles. The highest BCUT2D eigenvalue weighted by molar-refractivity contribution is 7.93. The van der Waals surface area contributed by atoms with Crippen LogP contribution in [-0.2, 0) is 40.1 Å². The van der Waals surface area contributed by atoms with E-state index in [9.17, 15) is 33.7 Å². The Morgan fingerprint density at radius 3 is 0.597 bits per heavy atom. The van der Waals surface area contributed by atoms with Crippen LogP contribution in [0.15, 0.2) is 165 Å². The zero-order valence-electron chi connectivity index (χ0n) is 34.8. The van der Waals surface area contributed by atoms with Crippen molar-refractivity contribution in [3.8, 4) is 0 Å². The fourth-order valence-electron chi connectivity index (χ4n) is 7.19. The van der Waals surface area contributed by atoms with Crippen molar-refractivity contribution < 1.29 is 33.7 Å². The van der Waals surface area contributed by atoms with Crippen LogP contribution in [0.2, 0.25) is 0 Å². The van der Waals surface area contributed by atoms with Crippen molar-refractivity contribution in [1.82, 2.24) is 0 Å². The van der Waals surface area contributed by atoms with Gasteiger partial charge in [-0.2, -0.15) is 0 Å². The first-order valence-electron chi connectivity index (χ1n) is 20.0. The molecule has 62 heavy (non-hydrogen) atoms. The quantitative estimate of drug-likeness (QED) is 0.148. The van der Waals surface area contributed by atoms with Gasteiger partial charge in [0, 0.05) is 26.2 Å². The van der Waals surface area contributed by atoms with Gasteiger partial charge in [0.25, 0.3) is 40.1 Å². The van der Waals surface area contributed by atoms with E-state index in [2.05, 4.69) is 0 Å². The summed E-state index contributed by atoms with van der Waals surface area (Å²) in [6.45, 7) is 6.78. The van der Waals surface area contributed by atoms with Gasteiger partial charge in [0.1, 0.15) is 0 Å². The maximum Gasteiger partial charge on any atom is 0.264 e. The minimum absolute atomic E-state index is 0.0293. The molecule has 0 fully saturated rings. The molecular formula is C46H48N4O8S4. The third-order valence-electron chi connectivity index (χ3n) is 10.7. The van der Waals surface area contributed by atoms with E-state index in [0.717, 1.165) is 22.3 Å². The maximum atomic E-state index is 14.4. The molecule has 0 aromatic heterocycles. The van der Waals surface area contributed by atoms with Gasteiger partial charge in [-0.1, -0.05) is 70.8 Å². The van der Waals surface area contributed by atoms with Crippen LogP contribution in [0.1, 0.15) is 35.1 Å². The lowest BCUT2D eigenvalue weighted by atomic mass is 10.2. The first-order chi connectivity index (χ1) is 29.4. The number of sulfonamides is 4. The van der Waals surface area contributed by atoms with Crippen molar-refractivity contribution in [3.63, 3.8) is 0 Å². The minimum atomic E-state index is -4.22. The second-order valence-electron chi connectivity index (χ2n) is 15.3. The van der Waals surface area contributed by atoms with Crippen LogP contribution in [0.25, 0.3) is 0 Å². The molecule has 10 rings (SSSR count). The molecule has 0 atom stereocenters. The number of hydrogen-bond donors (Lipinski definition) is 0. The molecule has 4 aliphatic heterocycles. The highest BCUT2D eigenvalue weighted by Crippen LogP contribution is 2.33. The molecule has 16 heteroatoms. The monoisotopic (exact) mass is 912 g/mol. The van der Waals surface area contributed by atoms with Crippen LogP contribution in [0.5, 0.6) is 0 Å². The normalized spacial score (nSPS) is 14.8. The van der Waals surface area contributed by atoms with E-state index in [1.165, 1.54) is 114 Å². The Balaban J connectivity index is 1.38. The van der Waals surface area contributed by atoms with Gasteiger partial charge >= 0.3 is 0 Å². The van der Waals surface area contributed by atoms with Crippen molar-refractivity contribution >= 4 is 62.8 Å². The molecule has 4 bridgehead atoms. The van der Waals surface area contributed by atoms with Gasteiger partial charge in [0.15, 0.2) is 0 Å². The Morgan fingerprint density at radius 2 is 0.435 bits per heavy atom. The standard InChI is InChI=1S/C46H48N4O8S4/c1-35-7-23-43(24-8-35)59(51,52)47-31-5-32-48(60(53,54)44-25-9-36(2)10-26-44)41-19-21-42(22-20-41)50(62(57,58)46-29-13-38(4)14-30-46)34-6-33-49(40-17-15-39(47)16-18-40)61(55,56)45-27-11-37(3)12-28-45/h7-30H,5-6,31-34H2,1-4H3. The number of nitrogens with zero attached hydrogens (tertiary/aromatic N) is 4. The Morgan fingerprint density at radius 1 is 0.274 bits per heavy atom. The van der Waals surface area contributed by atoms with Crippen molar-refractivity contribution in [1.29, 1.82) is 0 Å². The topological polar surface area (TPSA) is 150 Å². The van der Waals surface area contributed by atoms with Gasteiger partial charge < -0.3 is 0 Å². The molecule has 4 aliphatic rings. The van der Waals surface area contributed by atoms with Gasteiger partial charge in [-0.3, -0.25) is 17.2 Å². The molecule has 0 amide bonds. The average Bonchev–Trinajstić information content (AvgIpc) is 3.24. The lowest BCUT2D eigenvalue weighted by molar-refractivity contribution is 0.582. The van der Waals surface area contributed by atoms with Gasteiger partial charge in [-0.15, -0.1) is 0 Å². The molecule has 6 aromatic carbocycles. The summed E-state index contributed by atoms with van der Waals surface area (Å²) in [5.41, 5.74) is 4.38. The third-order valence-corrected chi connectivity index (χ3v) is 18.1. The largest absolute Gasteiger partial charge is 0.266 e. The van der Waals surface area contributed by atoms with E-state index >= 15 is 0 Å². The molecule has 0 aliphatic carbocycles. The molecule has 0 radical (unpaired) electrons. The first-order valence-corrected chi connectivity index (χ1v) is 25.7. The summed E-state index contributed by atoms with van der Waals surface area (Å²) < 4.78 is 120. The van der Waals surface area contributed by atoms with E-state index in [-0.39, 0.29) is 81.4 Å². The summed E-state index contributed by atoms with van der Waals surface area (Å²) in [5, 5.41) is 0. The first kappa shape index (κ1) is 44.4. The van der Waals surface area contributed by atoms with E-state index in [1.807, 2.05) is 27.7 Å². The maximum absolute atomic E-state index is 14.4. The van der Waals surface area contributed by atoms with Crippen molar-refractivity contribution in [3.05, 3.63) is 168 Å². The zero-order chi connectivity index (χ0) is 44.5. The highest BCUT2D eigenvalue weighted by atomic mass is 32.2. The fourth-order valence-corrected chi connectivity index (χ4v) is 13.2. The van der Waals surface area contributed by atoms with Crippen LogP contribution in [0.3, 0.4) is 0 Å². The van der Waals surface area contributed by atoms with E-state index in [4.69, 9.17) is 0 Å². The van der Waals surface area contributed by atoms with Crippen LogP contribution < -0.4 is 17.2 Å². The Hall–Kier alpha value is -5.68. The van der Waals surface area contributed by atoms with E-state index in [0.29, 0.717) is 0 Å². The number of benzene rings is 6. The summed E-state index contributed by atoms with van der Waals surface area (Å²) in [4.78, 5) is 0.121. The second-order valence-corrected chi connectivity index (χ2v) is 22.8. The molecule has 0 saturated heterocycles. The van der Waals surface area contributed by atoms with Gasteiger partial charge in [-0.05, 0) is 138 Å². The molecule has 0 saturated carbocycles. The Labute approximate surface area is 365 Å². The van der Waals surface area contributed by atoms with Crippen LogP contribution in [-0.4, -0.2) is 59.9 Å². The number of hydrogen-bond acceptors (Lipinski definition) is 8. The summed E-state index contributed by atoms with van der Waals surface area (Å²) in [6, 6.07) is 37.8. The van der Waals surface area contributed by atoms with E-state index < -0.39 is 40.1 Å². The van der Waals surface area contributed by atoms with Gasteiger partial charge in [-0.25, -0.2) is 33.7 Å². The molecule has 0 unspecified atom stereocenters. The van der Waals surface area contributed by atoms with Gasteiger partial charge in [0.2, 0.25) is 0 Å². The van der Waals surface area contributed by atoms with Gasteiger partial charge in [0.05, 0.1) is 42.3 Å². The smallest absolute Gasteiger partial charge is 0.264 e. The number of anilines is 4. The second kappa shape index (κ2) is 17.6. The van der Waals surface area contributed by atoms with Crippen LogP contribution >= 0.6 is 0 Å².